The minimum atomic E-state index is -2.63. The highest BCUT2D eigenvalue weighted by Crippen LogP contribution is 2.44. The van der Waals surface area contributed by atoms with E-state index in [4.69, 9.17) is 9.16 Å². The molecule has 1 aliphatic rings. The second kappa shape index (κ2) is 15.0. The van der Waals surface area contributed by atoms with E-state index in [0.29, 0.717) is 0 Å². The van der Waals surface area contributed by atoms with E-state index in [0.717, 1.165) is 38.9 Å². The molecule has 0 radical (unpaired) electrons. The summed E-state index contributed by atoms with van der Waals surface area (Å²) < 4.78 is 12.0. The van der Waals surface area contributed by atoms with Crippen LogP contribution in [0.2, 0.25) is 18.1 Å². The van der Waals surface area contributed by atoms with Crippen molar-refractivity contribution in [2.24, 2.45) is 0 Å². The van der Waals surface area contributed by atoms with Gasteiger partial charge in [-0.05, 0) is 57.1 Å². The Bertz CT molecular complexity index is 1880. The first kappa shape index (κ1) is 36.3. The van der Waals surface area contributed by atoms with Crippen LogP contribution in [0, 0.1) is 0 Å². The van der Waals surface area contributed by atoms with E-state index in [1.165, 1.54) is 0 Å². The van der Waals surface area contributed by atoms with Crippen LogP contribution in [0.15, 0.2) is 140 Å². The number of ether oxygens (including phenoxy) is 1. The van der Waals surface area contributed by atoms with Crippen LogP contribution in [0.25, 0.3) is 11.1 Å². The molecule has 5 aromatic carbocycles. The molecule has 266 valence electrons. The lowest BCUT2D eigenvalue weighted by molar-refractivity contribution is -0.140. The molecule has 6 rings (SSSR count). The van der Waals surface area contributed by atoms with E-state index in [-0.39, 0.29) is 24.0 Å². The number of carbonyl (C=O) groups is 3. The molecule has 7 nitrogen and oxygen atoms in total. The van der Waals surface area contributed by atoms with Crippen molar-refractivity contribution in [3.8, 4) is 11.1 Å². The Morgan fingerprint density at radius 1 is 0.654 bits per heavy atom. The van der Waals surface area contributed by atoms with Gasteiger partial charge in [-0.15, -0.1) is 0 Å². The van der Waals surface area contributed by atoms with Gasteiger partial charge in [0.15, 0.2) is 0 Å². The van der Waals surface area contributed by atoms with E-state index in [1.54, 1.807) is 0 Å². The van der Waals surface area contributed by atoms with Gasteiger partial charge in [-0.1, -0.05) is 160 Å². The molecule has 52 heavy (non-hydrogen) atoms. The lowest BCUT2D eigenvalue weighted by Crippen LogP contribution is -2.53. The Labute approximate surface area is 307 Å². The summed E-state index contributed by atoms with van der Waals surface area (Å²) >= 11 is 0. The number of carbonyl (C=O) groups excluding carboxylic acids is 3. The van der Waals surface area contributed by atoms with E-state index in [1.807, 2.05) is 161 Å². The second-order valence-corrected chi connectivity index (χ2v) is 19.5. The molecule has 0 saturated carbocycles. The summed E-state index contributed by atoms with van der Waals surface area (Å²) in [7, 11) is -2.63. The third kappa shape index (κ3) is 7.43. The van der Waals surface area contributed by atoms with Crippen LogP contribution in [0.1, 0.15) is 60.9 Å². The second-order valence-electron chi connectivity index (χ2n) is 14.8. The Kier molecular flexibility index (Phi) is 10.5. The number of amides is 2. The van der Waals surface area contributed by atoms with E-state index in [2.05, 4.69) is 22.8 Å². The van der Waals surface area contributed by atoms with E-state index in [9.17, 15) is 14.4 Å². The van der Waals surface area contributed by atoms with Crippen LogP contribution in [-0.2, 0) is 24.3 Å². The zero-order valence-corrected chi connectivity index (χ0v) is 31.4. The van der Waals surface area contributed by atoms with Crippen molar-refractivity contribution < 1.29 is 23.5 Å². The molecule has 5 aromatic rings. The molecule has 2 N–H and O–H groups in total. The van der Waals surface area contributed by atoms with Gasteiger partial charge in [-0.25, -0.2) is 4.79 Å². The predicted octanol–water partition coefficient (Wildman–Crippen LogP) is 8.94. The molecule has 0 aliphatic heterocycles. The Morgan fingerprint density at radius 3 is 1.52 bits per heavy atom. The first-order chi connectivity index (χ1) is 24.9. The number of rotatable bonds is 11. The van der Waals surface area contributed by atoms with Gasteiger partial charge < -0.3 is 19.8 Å². The fraction of sp³-hybridized carbons (Fsp3) is 0.250. The largest absolute Gasteiger partial charge is 0.518 e. The molecule has 2 amide bonds. The zero-order chi connectivity index (χ0) is 36.9. The third-order valence-electron chi connectivity index (χ3n) is 10.4. The highest BCUT2D eigenvalue weighted by molar-refractivity contribution is 6.75. The molecule has 0 spiro atoms. The van der Waals surface area contributed by atoms with Gasteiger partial charge >= 0.3 is 12.1 Å². The lowest BCUT2D eigenvalue weighted by Gasteiger charge is -2.38. The average Bonchev–Trinajstić information content (AvgIpc) is 3.46. The summed E-state index contributed by atoms with van der Waals surface area (Å²) in [6, 6.07) is 44.1. The van der Waals surface area contributed by atoms with Gasteiger partial charge in [-0.2, -0.15) is 0 Å². The minimum Gasteiger partial charge on any atom is -0.518 e. The van der Waals surface area contributed by atoms with Gasteiger partial charge in [0.2, 0.25) is 5.91 Å². The minimum absolute atomic E-state index is 0.0647. The first-order valence-electron chi connectivity index (χ1n) is 17.7. The molecule has 1 aliphatic carbocycles. The van der Waals surface area contributed by atoms with Crippen LogP contribution in [0.4, 0.5) is 4.79 Å². The fourth-order valence-corrected chi connectivity index (χ4v) is 7.63. The summed E-state index contributed by atoms with van der Waals surface area (Å²) in [4.78, 5) is 42.0. The predicted molar refractivity (Wildman–Crippen MR) is 207 cm³/mol. The van der Waals surface area contributed by atoms with Gasteiger partial charge in [0.05, 0.1) is 6.42 Å². The van der Waals surface area contributed by atoms with Crippen LogP contribution >= 0.6 is 0 Å². The smallest absolute Gasteiger partial charge is 0.407 e. The molecule has 0 aromatic heterocycles. The summed E-state index contributed by atoms with van der Waals surface area (Å²) in [5, 5.41) is 5.74. The number of fused-ring (bicyclic) bond motifs is 3. The quantitative estimate of drug-likeness (QED) is 0.106. The summed E-state index contributed by atoms with van der Waals surface area (Å²) in [6.07, 6.45) is -1.17. The number of hydrogen-bond donors (Lipinski definition) is 2. The zero-order valence-electron chi connectivity index (χ0n) is 30.4. The molecule has 0 saturated heterocycles. The normalized spacial score (nSPS) is 13.3. The maximum Gasteiger partial charge on any atom is 0.407 e. The summed E-state index contributed by atoms with van der Waals surface area (Å²) in [6.45, 7) is 10.1. The van der Waals surface area contributed by atoms with Crippen molar-refractivity contribution in [2.75, 3.05) is 6.61 Å². The molecular formula is C44H46N2O5Si. The molecule has 0 bridgehead atoms. The fourth-order valence-electron chi connectivity index (χ4n) is 6.68. The number of alkyl carbamates (subject to hydrolysis) is 1. The van der Waals surface area contributed by atoms with Crippen LogP contribution in [0.3, 0.4) is 0 Å². The molecule has 1 atom stereocenters. The molecule has 0 heterocycles. The number of nitrogens with one attached hydrogen (secondary N) is 2. The molecule has 8 heteroatoms. The van der Waals surface area contributed by atoms with Crippen LogP contribution in [0.5, 0.6) is 0 Å². The first-order valence-corrected chi connectivity index (χ1v) is 20.6. The third-order valence-corrected chi connectivity index (χ3v) is 14.7. The van der Waals surface area contributed by atoms with Gasteiger partial charge in [0, 0.05) is 5.92 Å². The summed E-state index contributed by atoms with van der Waals surface area (Å²) in [5.41, 5.74) is 5.78. The van der Waals surface area contributed by atoms with Crippen molar-refractivity contribution in [1.82, 2.24) is 10.6 Å². The average molecular weight is 711 g/mol. The summed E-state index contributed by atoms with van der Waals surface area (Å²) in [5.74, 6) is -1.28. The number of hydrogen-bond acceptors (Lipinski definition) is 5. The van der Waals surface area contributed by atoms with Crippen LogP contribution < -0.4 is 10.6 Å². The van der Waals surface area contributed by atoms with Crippen molar-refractivity contribution in [2.45, 2.75) is 62.8 Å². The topological polar surface area (TPSA) is 93.7 Å². The Balaban J connectivity index is 1.28. The van der Waals surface area contributed by atoms with Crippen molar-refractivity contribution >= 4 is 26.3 Å². The van der Waals surface area contributed by atoms with E-state index >= 15 is 0 Å². The van der Waals surface area contributed by atoms with Gasteiger partial charge in [-0.3, -0.25) is 9.59 Å². The van der Waals surface area contributed by atoms with E-state index < -0.39 is 37.9 Å². The molecule has 0 fully saturated rings. The molecule has 1 unspecified atom stereocenters. The monoisotopic (exact) mass is 710 g/mol. The SMILES string of the molecule is CC(C)(C)[Si](C)(C)OC(=O)C(CC(=O)NC(c1ccccc1)(c1ccccc1)c1ccccc1)NC(=O)OCC1c2ccccc2-c2ccccc21. The Hall–Kier alpha value is -5.47. The standard InChI is InChI=1S/C44H46N2O5Si/c1-43(2,3)52(4,5)51-41(48)39(45-42(49)50-30-38-36-27-17-15-25-34(36)35-26-16-18-28-37(35)38)29-40(47)46-44(31-19-9-6-10-20-31,32-21-11-7-12-22-32)33-23-13-8-14-24-33/h6-28,38-39H,29-30H2,1-5H3,(H,45,49)(H,46,47). The highest BCUT2D eigenvalue weighted by atomic mass is 28.4. The van der Waals surface area contributed by atoms with Crippen molar-refractivity contribution in [1.29, 1.82) is 0 Å². The lowest BCUT2D eigenvalue weighted by atomic mass is 9.77. The van der Waals surface area contributed by atoms with Crippen molar-refractivity contribution in [3.05, 3.63) is 167 Å². The molecular weight excluding hydrogens is 665 g/mol. The van der Waals surface area contributed by atoms with Crippen LogP contribution in [-0.4, -0.2) is 38.9 Å². The maximum absolute atomic E-state index is 14.4. The Morgan fingerprint density at radius 2 is 1.08 bits per heavy atom. The highest BCUT2D eigenvalue weighted by Gasteiger charge is 2.43. The van der Waals surface area contributed by atoms with Gasteiger partial charge in [0.1, 0.15) is 18.2 Å². The maximum atomic E-state index is 14.4. The van der Waals surface area contributed by atoms with Crippen molar-refractivity contribution in [3.63, 3.8) is 0 Å². The van der Waals surface area contributed by atoms with Gasteiger partial charge in [0.25, 0.3) is 8.32 Å². The number of benzene rings is 5.